The number of halogens is 3. The standard InChI is InChI=1S/C25H16Cl3N5O/c26-15-6-4-14(5-7-15)22-23(33-24(32-22)21-18(27)2-1-3-19(21)28)20-12-13-29-25(31-20)30-16-8-10-17(34)11-9-16/h1-13,34H,(H,32,33)(H,29,30,31). The lowest BCUT2D eigenvalue weighted by Crippen LogP contribution is -1.98. The van der Waals surface area contributed by atoms with E-state index in [1.54, 1.807) is 66.9 Å². The Balaban J connectivity index is 1.62. The van der Waals surface area contributed by atoms with Crippen LogP contribution in [0, 0.1) is 0 Å². The van der Waals surface area contributed by atoms with E-state index in [4.69, 9.17) is 39.8 Å². The lowest BCUT2D eigenvalue weighted by atomic mass is 10.1. The Morgan fingerprint density at radius 3 is 2.21 bits per heavy atom. The lowest BCUT2D eigenvalue weighted by molar-refractivity contribution is 0.475. The molecule has 0 amide bonds. The first-order chi connectivity index (χ1) is 16.5. The molecule has 9 heteroatoms. The second-order valence-electron chi connectivity index (χ2n) is 7.35. The molecule has 5 aromatic rings. The number of aromatic hydroxyl groups is 1. The minimum atomic E-state index is 0.177. The van der Waals surface area contributed by atoms with Gasteiger partial charge in [-0.2, -0.15) is 0 Å². The van der Waals surface area contributed by atoms with Crippen molar-refractivity contribution in [2.75, 3.05) is 5.32 Å². The number of phenols is 1. The van der Waals surface area contributed by atoms with Crippen LogP contribution in [0.25, 0.3) is 34.0 Å². The Kier molecular flexibility index (Phi) is 6.11. The van der Waals surface area contributed by atoms with Gasteiger partial charge in [0.2, 0.25) is 5.95 Å². The fourth-order valence-electron chi connectivity index (χ4n) is 3.45. The molecule has 3 N–H and O–H groups in total. The van der Waals surface area contributed by atoms with Gasteiger partial charge in [-0.05, 0) is 54.6 Å². The molecule has 0 unspecified atom stereocenters. The van der Waals surface area contributed by atoms with Crippen molar-refractivity contribution in [3.05, 3.63) is 94.1 Å². The SMILES string of the molecule is Oc1ccc(Nc2nccc(-c3[nH]c(-c4c(Cl)cccc4Cl)nc3-c3ccc(Cl)cc3)n2)cc1. The Labute approximate surface area is 210 Å². The van der Waals surface area contributed by atoms with Gasteiger partial charge in [0, 0.05) is 22.5 Å². The minimum absolute atomic E-state index is 0.177. The Hall–Kier alpha value is -3.58. The maximum atomic E-state index is 9.51. The number of imidazole rings is 1. The van der Waals surface area contributed by atoms with Gasteiger partial charge in [-0.1, -0.05) is 53.0 Å². The van der Waals surface area contributed by atoms with E-state index in [1.165, 1.54) is 0 Å². The van der Waals surface area contributed by atoms with Gasteiger partial charge in [-0.15, -0.1) is 0 Å². The topological polar surface area (TPSA) is 86.7 Å². The van der Waals surface area contributed by atoms with Crippen LogP contribution in [0.15, 0.2) is 79.0 Å². The molecule has 6 nitrogen and oxygen atoms in total. The summed E-state index contributed by atoms with van der Waals surface area (Å²) in [7, 11) is 0. The van der Waals surface area contributed by atoms with E-state index in [2.05, 4.69) is 20.3 Å². The molecule has 168 valence electrons. The minimum Gasteiger partial charge on any atom is -0.508 e. The fraction of sp³-hybridized carbons (Fsp3) is 0. The van der Waals surface area contributed by atoms with Crippen LogP contribution in [0.4, 0.5) is 11.6 Å². The molecule has 5 rings (SSSR count). The first-order valence-corrected chi connectivity index (χ1v) is 11.3. The van der Waals surface area contributed by atoms with E-state index < -0.39 is 0 Å². The van der Waals surface area contributed by atoms with Crippen molar-refractivity contribution in [3.63, 3.8) is 0 Å². The van der Waals surface area contributed by atoms with E-state index in [-0.39, 0.29) is 5.75 Å². The number of hydrogen-bond donors (Lipinski definition) is 3. The van der Waals surface area contributed by atoms with Crippen molar-refractivity contribution < 1.29 is 5.11 Å². The second kappa shape index (κ2) is 9.35. The summed E-state index contributed by atoms with van der Waals surface area (Å²) in [5.74, 6) is 1.08. The van der Waals surface area contributed by atoms with Gasteiger partial charge >= 0.3 is 0 Å². The smallest absolute Gasteiger partial charge is 0.227 e. The Bertz CT molecular complexity index is 1450. The summed E-state index contributed by atoms with van der Waals surface area (Å²) in [6.07, 6.45) is 1.65. The third-order valence-electron chi connectivity index (χ3n) is 5.06. The number of nitrogens with zero attached hydrogens (tertiary/aromatic N) is 3. The predicted molar refractivity (Wildman–Crippen MR) is 137 cm³/mol. The van der Waals surface area contributed by atoms with E-state index in [0.717, 1.165) is 11.3 Å². The summed E-state index contributed by atoms with van der Waals surface area (Å²) in [5, 5.41) is 14.2. The summed E-state index contributed by atoms with van der Waals surface area (Å²) in [4.78, 5) is 17.1. The van der Waals surface area contributed by atoms with Gasteiger partial charge in [0.15, 0.2) is 0 Å². The van der Waals surface area contributed by atoms with Gasteiger partial charge in [0.25, 0.3) is 0 Å². The second-order valence-corrected chi connectivity index (χ2v) is 8.60. The van der Waals surface area contributed by atoms with Crippen LogP contribution in [0.5, 0.6) is 5.75 Å². The number of H-pyrrole nitrogens is 1. The van der Waals surface area contributed by atoms with Gasteiger partial charge in [-0.25, -0.2) is 15.0 Å². The Morgan fingerprint density at radius 1 is 0.794 bits per heavy atom. The number of hydrogen-bond acceptors (Lipinski definition) is 5. The molecule has 0 saturated carbocycles. The number of rotatable bonds is 5. The first-order valence-electron chi connectivity index (χ1n) is 10.2. The molecule has 3 aromatic carbocycles. The summed E-state index contributed by atoms with van der Waals surface area (Å²) < 4.78 is 0. The molecule has 0 saturated heterocycles. The average Bonchev–Trinajstić information content (AvgIpc) is 3.26. The van der Waals surface area contributed by atoms with E-state index in [1.807, 2.05) is 12.1 Å². The molecule has 0 aliphatic heterocycles. The van der Waals surface area contributed by atoms with Crippen LogP contribution in [0.2, 0.25) is 15.1 Å². The van der Waals surface area contributed by atoms with Crippen LogP contribution in [0.1, 0.15) is 0 Å². The van der Waals surface area contributed by atoms with Gasteiger partial charge in [0.05, 0.1) is 32.7 Å². The van der Waals surface area contributed by atoms with Crippen LogP contribution in [-0.4, -0.2) is 25.0 Å². The maximum Gasteiger partial charge on any atom is 0.227 e. The van der Waals surface area contributed by atoms with Crippen LogP contribution < -0.4 is 5.32 Å². The molecule has 0 aliphatic carbocycles. The van der Waals surface area contributed by atoms with Crippen molar-refractivity contribution in [1.29, 1.82) is 0 Å². The highest BCUT2D eigenvalue weighted by Gasteiger charge is 2.20. The third-order valence-corrected chi connectivity index (χ3v) is 5.94. The van der Waals surface area contributed by atoms with Crippen molar-refractivity contribution in [2.45, 2.75) is 0 Å². The monoisotopic (exact) mass is 507 g/mol. The van der Waals surface area contributed by atoms with E-state index in [0.29, 0.717) is 49.5 Å². The number of aromatic nitrogens is 4. The van der Waals surface area contributed by atoms with Crippen LogP contribution in [0.3, 0.4) is 0 Å². The number of benzene rings is 3. The first kappa shape index (κ1) is 22.2. The van der Waals surface area contributed by atoms with Crippen LogP contribution >= 0.6 is 34.8 Å². The van der Waals surface area contributed by atoms with E-state index >= 15 is 0 Å². The van der Waals surface area contributed by atoms with Crippen molar-refractivity contribution in [1.82, 2.24) is 19.9 Å². The van der Waals surface area contributed by atoms with Gasteiger partial charge in [0.1, 0.15) is 11.6 Å². The molecular formula is C25H16Cl3N5O. The number of aromatic amines is 1. The maximum absolute atomic E-state index is 9.51. The van der Waals surface area contributed by atoms with Crippen LogP contribution in [-0.2, 0) is 0 Å². The quantitative estimate of drug-likeness (QED) is 0.213. The van der Waals surface area contributed by atoms with Gasteiger partial charge in [-0.3, -0.25) is 0 Å². The zero-order valence-electron chi connectivity index (χ0n) is 17.4. The average molecular weight is 509 g/mol. The lowest BCUT2D eigenvalue weighted by Gasteiger charge is -2.07. The number of nitrogens with one attached hydrogen (secondary N) is 2. The molecule has 2 heterocycles. The zero-order valence-corrected chi connectivity index (χ0v) is 19.7. The van der Waals surface area contributed by atoms with Crippen molar-refractivity contribution in [3.8, 4) is 39.8 Å². The fourth-order valence-corrected chi connectivity index (χ4v) is 4.15. The summed E-state index contributed by atoms with van der Waals surface area (Å²) in [5.41, 5.74) is 4.13. The van der Waals surface area contributed by atoms with Crippen molar-refractivity contribution in [2.24, 2.45) is 0 Å². The van der Waals surface area contributed by atoms with E-state index in [9.17, 15) is 5.11 Å². The van der Waals surface area contributed by atoms with Gasteiger partial charge < -0.3 is 15.4 Å². The highest BCUT2D eigenvalue weighted by molar-refractivity contribution is 6.39. The molecule has 0 fully saturated rings. The molecule has 0 spiro atoms. The van der Waals surface area contributed by atoms with Crippen molar-refractivity contribution >= 4 is 46.4 Å². The predicted octanol–water partition coefficient (Wildman–Crippen LogP) is 7.61. The molecule has 0 atom stereocenters. The molecule has 34 heavy (non-hydrogen) atoms. The Morgan fingerprint density at radius 2 is 1.50 bits per heavy atom. The molecule has 0 radical (unpaired) electrons. The largest absolute Gasteiger partial charge is 0.508 e. The number of phenolic OH excluding ortho intramolecular Hbond substituents is 1. The highest BCUT2D eigenvalue weighted by atomic mass is 35.5. The molecular weight excluding hydrogens is 493 g/mol. The molecule has 0 aliphatic rings. The summed E-state index contributed by atoms with van der Waals surface area (Å²) >= 11 is 19.0. The number of anilines is 2. The highest BCUT2D eigenvalue weighted by Crippen LogP contribution is 2.38. The third kappa shape index (κ3) is 4.56. The summed E-state index contributed by atoms with van der Waals surface area (Å²) in [6.45, 7) is 0. The molecule has 0 bridgehead atoms. The zero-order chi connectivity index (χ0) is 23.7. The summed E-state index contributed by atoms with van der Waals surface area (Å²) in [6, 6.07) is 21.1. The molecule has 2 aromatic heterocycles. The normalized spacial score (nSPS) is 10.9.